The van der Waals surface area contributed by atoms with Gasteiger partial charge >= 0.3 is 5.97 Å². The predicted molar refractivity (Wildman–Crippen MR) is 379 cm³/mol. The highest BCUT2D eigenvalue weighted by atomic mass is 16.5. The fraction of sp³-hybridized carbons (Fsp3) is 0.0952. The molecule has 0 bridgehead atoms. The quantitative estimate of drug-likeness (QED) is 0.0485. The summed E-state index contributed by atoms with van der Waals surface area (Å²) in [5, 5.41) is 0. The van der Waals surface area contributed by atoms with Crippen LogP contribution in [0.15, 0.2) is 309 Å². The Kier molecular flexibility index (Phi) is 22.2. The zero-order valence-corrected chi connectivity index (χ0v) is 52.3. The summed E-state index contributed by atoms with van der Waals surface area (Å²) in [5.74, 6) is 1.29. The zero-order valence-electron chi connectivity index (χ0n) is 52.3. The third-order valence-corrected chi connectivity index (χ3v) is 15.1. The van der Waals surface area contributed by atoms with E-state index >= 15 is 0 Å². The number of anilines is 6. The number of methoxy groups -OCH3 is 1. The van der Waals surface area contributed by atoms with Crippen LogP contribution in [0.1, 0.15) is 82.6 Å². The average molecular weight is 1180 g/mol. The Hall–Kier alpha value is -11.1. The van der Waals surface area contributed by atoms with Crippen molar-refractivity contribution in [1.82, 2.24) is 0 Å². The summed E-state index contributed by atoms with van der Waals surface area (Å²) in [7, 11) is 1.69. The molecule has 6 heteroatoms. The van der Waals surface area contributed by atoms with E-state index in [1.54, 1.807) is 19.2 Å². The lowest BCUT2D eigenvalue weighted by Crippen LogP contribution is -2.19. The van der Waals surface area contributed by atoms with E-state index in [0.717, 1.165) is 78.8 Å². The Labute approximate surface area is 532 Å². The molecule has 0 unspecified atom stereocenters. The molecule has 11 aromatic rings. The van der Waals surface area contributed by atoms with Crippen molar-refractivity contribution in [3.63, 3.8) is 0 Å². The largest absolute Gasteiger partial charge is 0.496 e. The van der Waals surface area contributed by atoms with Crippen molar-refractivity contribution in [2.24, 2.45) is 0 Å². The van der Waals surface area contributed by atoms with Gasteiger partial charge in [0.2, 0.25) is 0 Å². The number of Topliss-reactive ketones (excluding diaryl/α,β-unsaturated/α-hetero) is 1. The Bertz CT molecular complexity index is 3990. The number of hydrogen-bond acceptors (Lipinski definition) is 6. The SMILES string of the molecule is C(/C=C/c1ccc(N(c2ccccc2)c2ccc(-c3ccc(N(c4ccccc4)c4ccc(/C=C/C=C/c5ccccc5)cc4)cc3)cc2)cc1)=C\c1ccccc1.CC(C)=O.COc1ccc(C(C)(C)c2ccc(OC(=O)c3ccccc3)c(C)c2)cc1C. The minimum atomic E-state index is -0.346. The van der Waals surface area contributed by atoms with E-state index in [1.807, 2.05) is 55.5 Å². The third-order valence-electron chi connectivity index (χ3n) is 15.1. The monoisotopic (exact) mass is 1180 g/mol. The molecule has 0 heterocycles. The van der Waals surface area contributed by atoms with Gasteiger partial charge in [0.1, 0.15) is 17.3 Å². The van der Waals surface area contributed by atoms with E-state index in [0.29, 0.717) is 11.3 Å². The minimum absolute atomic E-state index is 0.167. The first-order valence-corrected chi connectivity index (χ1v) is 30.2. The lowest BCUT2D eigenvalue weighted by Gasteiger charge is -2.27. The maximum atomic E-state index is 12.3. The number of ketones is 1. The van der Waals surface area contributed by atoms with E-state index in [4.69, 9.17) is 9.47 Å². The van der Waals surface area contributed by atoms with Crippen LogP contribution >= 0.6 is 0 Å². The average Bonchev–Trinajstić information content (AvgIpc) is 0.956. The fourth-order valence-electron chi connectivity index (χ4n) is 10.2. The molecule has 0 N–H and O–H groups in total. The second kappa shape index (κ2) is 31.5. The van der Waals surface area contributed by atoms with Crippen LogP contribution in [0, 0.1) is 13.8 Å². The molecule has 0 aliphatic rings. The highest BCUT2D eigenvalue weighted by molar-refractivity contribution is 5.91. The third kappa shape index (κ3) is 17.6. The van der Waals surface area contributed by atoms with Gasteiger partial charge in [-0.05, 0) is 180 Å². The fourth-order valence-corrected chi connectivity index (χ4v) is 10.2. The van der Waals surface area contributed by atoms with E-state index < -0.39 is 0 Å². The van der Waals surface area contributed by atoms with Crippen molar-refractivity contribution in [3.8, 4) is 22.6 Å². The zero-order chi connectivity index (χ0) is 63.1. The van der Waals surface area contributed by atoms with Crippen molar-refractivity contribution < 1.29 is 19.1 Å². The molecule has 11 rings (SSSR count). The van der Waals surface area contributed by atoms with Gasteiger partial charge in [-0.2, -0.15) is 0 Å². The van der Waals surface area contributed by atoms with Gasteiger partial charge in [0.05, 0.1) is 12.7 Å². The summed E-state index contributed by atoms with van der Waals surface area (Å²) in [6.07, 6.45) is 16.8. The van der Waals surface area contributed by atoms with Crippen LogP contribution in [0.3, 0.4) is 0 Å². The van der Waals surface area contributed by atoms with Crippen LogP contribution in [0.25, 0.3) is 35.4 Å². The van der Waals surface area contributed by atoms with Crippen molar-refractivity contribution >= 4 is 70.2 Å². The molecular formula is C84H76N2O4. The minimum Gasteiger partial charge on any atom is -0.496 e. The molecular weight excluding hydrogens is 1100 g/mol. The lowest BCUT2D eigenvalue weighted by molar-refractivity contribution is -0.115. The Morgan fingerprint density at radius 2 is 0.644 bits per heavy atom. The van der Waals surface area contributed by atoms with Gasteiger partial charge < -0.3 is 24.1 Å². The first-order chi connectivity index (χ1) is 43.8. The molecule has 0 aliphatic carbocycles. The maximum Gasteiger partial charge on any atom is 0.343 e. The maximum absolute atomic E-state index is 12.3. The summed E-state index contributed by atoms with van der Waals surface area (Å²) in [6, 6.07) is 98.2. The number of benzene rings is 11. The standard InChI is InChI=1S/C56H44N2.C25H26O3.C3H6O/c1-5-17-45(18-6-1)21-13-15-23-47-29-37-53(38-30-47)57(51-25-9-3-10-26-51)55-41-33-49(34-42-55)50-35-43-56(44-36-50)58(52-27-11-4-12-28-52)54-39-31-48(32-40-54)24-16-14-22-46-19-7-2-8-20-46;1-17-15-20(11-13-22(17)27-5)25(3,4)21-12-14-23(18(2)16-21)28-24(26)19-9-7-6-8-10-19;1-3(2)4/h1-44H;6-16H,1-5H3;1-2H3/b21-13+,22-14+,23-15+,24-16+;;. The number of ether oxygens (including phenoxy) is 2. The molecule has 6 nitrogen and oxygen atoms in total. The number of esters is 1. The number of rotatable bonds is 18. The predicted octanol–water partition coefficient (Wildman–Crippen LogP) is 22.2. The van der Waals surface area contributed by atoms with E-state index in [2.05, 4.69) is 304 Å². The summed E-state index contributed by atoms with van der Waals surface area (Å²) in [5.41, 5.74) is 18.4. The Morgan fingerprint density at radius 3 is 0.978 bits per heavy atom. The van der Waals surface area contributed by atoms with Crippen LogP contribution < -0.4 is 19.3 Å². The summed E-state index contributed by atoms with van der Waals surface area (Å²) in [4.78, 5) is 26.4. The molecule has 0 amide bonds. The molecule has 0 radical (unpaired) electrons. The summed E-state index contributed by atoms with van der Waals surface area (Å²) < 4.78 is 11.0. The van der Waals surface area contributed by atoms with Crippen LogP contribution in [0.4, 0.5) is 34.1 Å². The van der Waals surface area contributed by atoms with Crippen LogP contribution in [0.5, 0.6) is 11.5 Å². The first-order valence-electron chi connectivity index (χ1n) is 30.2. The van der Waals surface area contributed by atoms with Crippen molar-refractivity contribution in [2.75, 3.05) is 16.9 Å². The molecule has 90 heavy (non-hydrogen) atoms. The smallest absolute Gasteiger partial charge is 0.343 e. The Balaban J connectivity index is 0.000000250. The van der Waals surface area contributed by atoms with E-state index in [1.165, 1.54) is 30.5 Å². The molecule has 0 aliphatic heterocycles. The number of nitrogens with zero attached hydrogens (tertiary/aromatic N) is 2. The molecule has 0 atom stereocenters. The van der Waals surface area contributed by atoms with Gasteiger partial charge in [-0.15, -0.1) is 0 Å². The van der Waals surface area contributed by atoms with Gasteiger partial charge in [0.15, 0.2) is 0 Å². The number of aryl methyl sites for hydroxylation is 2. The molecule has 11 aromatic carbocycles. The highest BCUT2D eigenvalue weighted by Crippen LogP contribution is 2.40. The number of carbonyl (C=O) groups excluding carboxylic acids is 2. The second-order valence-electron chi connectivity index (χ2n) is 22.3. The molecule has 0 saturated carbocycles. The highest BCUT2D eigenvalue weighted by Gasteiger charge is 2.25. The van der Waals surface area contributed by atoms with Gasteiger partial charge in [0.25, 0.3) is 0 Å². The summed E-state index contributed by atoms with van der Waals surface area (Å²) in [6.45, 7) is 11.5. The van der Waals surface area contributed by atoms with Crippen LogP contribution in [0.2, 0.25) is 0 Å². The molecule has 0 fully saturated rings. The van der Waals surface area contributed by atoms with Gasteiger partial charge in [-0.3, -0.25) is 0 Å². The van der Waals surface area contributed by atoms with Gasteiger partial charge in [-0.25, -0.2) is 4.79 Å². The molecule has 446 valence electrons. The number of hydrogen-bond donors (Lipinski definition) is 0. The lowest BCUT2D eigenvalue weighted by atomic mass is 9.77. The number of carbonyl (C=O) groups is 2. The topological polar surface area (TPSA) is 59.1 Å². The van der Waals surface area contributed by atoms with Gasteiger partial charge in [-0.1, -0.05) is 251 Å². The first kappa shape index (κ1) is 63.4. The number of allylic oxidation sites excluding steroid dienone is 4. The number of para-hydroxylation sites is 2. The van der Waals surface area contributed by atoms with Gasteiger partial charge in [0, 0.05) is 39.5 Å². The van der Waals surface area contributed by atoms with E-state index in [-0.39, 0.29) is 17.2 Å². The van der Waals surface area contributed by atoms with Crippen molar-refractivity contribution in [3.05, 3.63) is 359 Å². The van der Waals surface area contributed by atoms with Crippen LogP contribution in [-0.2, 0) is 10.2 Å². The summed E-state index contributed by atoms with van der Waals surface area (Å²) >= 11 is 0. The Morgan fingerprint density at radius 1 is 0.356 bits per heavy atom. The second-order valence-corrected chi connectivity index (χ2v) is 22.3. The van der Waals surface area contributed by atoms with Crippen molar-refractivity contribution in [2.45, 2.75) is 47.0 Å². The van der Waals surface area contributed by atoms with Crippen LogP contribution in [-0.4, -0.2) is 18.9 Å². The van der Waals surface area contributed by atoms with Crippen molar-refractivity contribution in [1.29, 1.82) is 0 Å². The molecule has 0 spiro atoms. The normalized spacial score (nSPS) is 11.2. The molecule has 0 aromatic heterocycles. The molecule has 0 saturated heterocycles. The van der Waals surface area contributed by atoms with E-state index in [9.17, 15) is 9.59 Å².